The summed E-state index contributed by atoms with van der Waals surface area (Å²) in [5, 5.41) is 5.06. The van der Waals surface area contributed by atoms with E-state index < -0.39 is 11.9 Å². The quantitative estimate of drug-likeness (QED) is 0.850. The number of aromatic nitrogens is 1. The summed E-state index contributed by atoms with van der Waals surface area (Å²) in [4.78, 5) is 14.3. The van der Waals surface area contributed by atoms with Gasteiger partial charge in [-0.05, 0) is 12.1 Å². The normalized spacial score (nSPS) is 11.1. The molecule has 1 amide bonds. The minimum Gasteiger partial charge on any atom is -0.370 e. The van der Waals surface area contributed by atoms with Crippen molar-refractivity contribution >= 4 is 11.7 Å². The number of rotatable bonds is 4. The first kappa shape index (κ1) is 13.3. The number of nitrogens with zero attached hydrogens (tertiary/aromatic N) is 1. The monoisotopic (exact) mass is 247 g/mol. The van der Waals surface area contributed by atoms with E-state index in [0.29, 0.717) is 0 Å². The van der Waals surface area contributed by atoms with Crippen molar-refractivity contribution in [1.82, 2.24) is 10.3 Å². The third-order valence-electron chi connectivity index (χ3n) is 1.98. The van der Waals surface area contributed by atoms with Gasteiger partial charge >= 0.3 is 6.18 Å². The zero-order chi connectivity index (χ0) is 12.9. The van der Waals surface area contributed by atoms with E-state index in [4.69, 9.17) is 0 Å². The highest BCUT2D eigenvalue weighted by Crippen LogP contribution is 2.27. The molecular formula is C10H12F3N3O. The van der Waals surface area contributed by atoms with Crippen molar-refractivity contribution in [2.24, 2.45) is 0 Å². The first-order valence-corrected chi connectivity index (χ1v) is 4.92. The van der Waals surface area contributed by atoms with Crippen LogP contribution in [0.25, 0.3) is 0 Å². The Morgan fingerprint density at radius 2 is 2.12 bits per heavy atom. The van der Waals surface area contributed by atoms with E-state index in [2.05, 4.69) is 15.6 Å². The number of carbonyl (C=O) groups is 1. The van der Waals surface area contributed by atoms with E-state index >= 15 is 0 Å². The predicted molar refractivity (Wildman–Crippen MR) is 56.4 cm³/mol. The van der Waals surface area contributed by atoms with Gasteiger partial charge in [-0.2, -0.15) is 13.2 Å². The summed E-state index contributed by atoms with van der Waals surface area (Å²) in [5.74, 6) is -0.0896. The van der Waals surface area contributed by atoms with Crippen LogP contribution < -0.4 is 10.6 Å². The molecule has 94 valence electrons. The molecule has 0 bridgehead atoms. The van der Waals surface area contributed by atoms with Gasteiger partial charge < -0.3 is 10.6 Å². The molecule has 2 N–H and O–H groups in total. The number of pyridine rings is 1. The standard InChI is InChI=1S/C10H12F3N3O/c1-14-9(17)5-6-15-8-4-2-3-7(16-8)10(11,12)13/h2-4H,5-6H2,1H3,(H,14,17)(H,15,16). The van der Waals surface area contributed by atoms with Gasteiger partial charge in [0.15, 0.2) is 0 Å². The van der Waals surface area contributed by atoms with Crippen LogP contribution in [0.1, 0.15) is 12.1 Å². The van der Waals surface area contributed by atoms with Crippen molar-refractivity contribution in [3.8, 4) is 0 Å². The van der Waals surface area contributed by atoms with E-state index in [9.17, 15) is 18.0 Å². The van der Waals surface area contributed by atoms with Crippen molar-refractivity contribution in [2.75, 3.05) is 18.9 Å². The molecule has 0 aliphatic carbocycles. The summed E-state index contributed by atoms with van der Waals surface area (Å²) in [6.45, 7) is 0.230. The lowest BCUT2D eigenvalue weighted by Gasteiger charge is -2.09. The van der Waals surface area contributed by atoms with Gasteiger partial charge in [0.05, 0.1) is 0 Å². The van der Waals surface area contributed by atoms with Crippen LogP contribution in [0.4, 0.5) is 19.0 Å². The van der Waals surface area contributed by atoms with Crippen molar-refractivity contribution in [3.63, 3.8) is 0 Å². The highest BCUT2D eigenvalue weighted by molar-refractivity contribution is 5.76. The Morgan fingerprint density at radius 3 is 2.71 bits per heavy atom. The van der Waals surface area contributed by atoms with E-state index in [1.807, 2.05) is 0 Å². The van der Waals surface area contributed by atoms with Gasteiger partial charge in [-0.3, -0.25) is 4.79 Å². The third kappa shape index (κ3) is 4.29. The summed E-state index contributed by atoms with van der Waals surface area (Å²) in [7, 11) is 1.49. The Labute approximate surface area is 96.2 Å². The fourth-order valence-corrected chi connectivity index (χ4v) is 1.12. The van der Waals surface area contributed by atoms with E-state index in [1.54, 1.807) is 0 Å². The molecule has 0 spiro atoms. The maximum Gasteiger partial charge on any atom is 0.433 e. The lowest BCUT2D eigenvalue weighted by Crippen LogP contribution is -2.21. The molecule has 0 unspecified atom stereocenters. The molecule has 0 aromatic carbocycles. The van der Waals surface area contributed by atoms with Crippen molar-refractivity contribution < 1.29 is 18.0 Å². The van der Waals surface area contributed by atoms with Crippen LogP contribution in [-0.2, 0) is 11.0 Å². The first-order valence-electron chi connectivity index (χ1n) is 4.92. The topological polar surface area (TPSA) is 54.0 Å². The Bertz CT molecular complexity index is 393. The highest BCUT2D eigenvalue weighted by Gasteiger charge is 2.32. The highest BCUT2D eigenvalue weighted by atomic mass is 19.4. The molecule has 0 aliphatic rings. The number of anilines is 1. The smallest absolute Gasteiger partial charge is 0.370 e. The number of nitrogens with one attached hydrogen (secondary N) is 2. The zero-order valence-corrected chi connectivity index (χ0v) is 9.14. The fourth-order valence-electron chi connectivity index (χ4n) is 1.12. The van der Waals surface area contributed by atoms with Crippen LogP contribution in [0, 0.1) is 0 Å². The summed E-state index contributed by atoms with van der Waals surface area (Å²) in [6.07, 6.45) is -4.28. The lowest BCUT2D eigenvalue weighted by atomic mass is 10.3. The second kappa shape index (κ2) is 5.51. The number of carbonyl (C=O) groups excluding carboxylic acids is 1. The van der Waals surface area contributed by atoms with Crippen LogP contribution >= 0.6 is 0 Å². The first-order chi connectivity index (χ1) is 7.93. The summed E-state index contributed by atoms with van der Waals surface area (Å²) in [5.41, 5.74) is -0.956. The molecule has 0 aliphatic heterocycles. The van der Waals surface area contributed by atoms with Crippen LogP contribution in [0.3, 0.4) is 0 Å². The van der Waals surface area contributed by atoms with Crippen LogP contribution in [0.2, 0.25) is 0 Å². The molecular weight excluding hydrogens is 235 g/mol. The van der Waals surface area contributed by atoms with Crippen LogP contribution in [0.15, 0.2) is 18.2 Å². The van der Waals surface area contributed by atoms with Gasteiger partial charge in [-0.1, -0.05) is 6.07 Å². The molecule has 0 radical (unpaired) electrons. The molecule has 0 atom stereocenters. The second-order valence-corrected chi connectivity index (χ2v) is 3.26. The SMILES string of the molecule is CNC(=O)CCNc1cccc(C(F)(F)F)n1. The Hall–Kier alpha value is -1.79. The molecule has 4 nitrogen and oxygen atoms in total. The minimum absolute atomic E-state index is 0.101. The molecule has 1 rings (SSSR count). The molecule has 7 heteroatoms. The van der Waals surface area contributed by atoms with Crippen LogP contribution in [0.5, 0.6) is 0 Å². The zero-order valence-electron chi connectivity index (χ0n) is 9.14. The predicted octanol–water partition coefficient (Wildman–Crippen LogP) is 1.65. The Morgan fingerprint density at radius 1 is 1.41 bits per heavy atom. The van der Waals surface area contributed by atoms with Gasteiger partial charge in [-0.25, -0.2) is 4.98 Å². The van der Waals surface area contributed by atoms with E-state index in [0.717, 1.165) is 6.07 Å². The Kier molecular flexibility index (Phi) is 4.30. The molecule has 17 heavy (non-hydrogen) atoms. The number of hydrogen-bond donors (Lipinski definition) is 2. The van der Waals surface area contributed by atoms with E-state index in [1.165, 1.54) is 19.2 Å². The maximum atomic E-state index is 12.3. The van der Waals surface area contributed by atoms with Crippen molar-refractivity contribution in [1.29, 1.82) is 0 Å². The van der Waals surface area contributed by atoms with Gasteiger partial charge in [0, 0.05) is 20.0 Å². The van der Waals surface area contributed by atoms with Crippen molar-refractivity contribution in [2.45, 2.75) is 12.6 Å². The van der Waals surface area contributed by atoms with Gasteiger partial charge in [0.25, 0.3) is 0 Å². The van der Waals surface area contributed by atoms with E-state index in [-0.39, 0.29) is 24.7 Å². The number of hydrogen-bond acceptors (Lipinski definition) is 3. The number of alkyl halides is 3. The molecule has 1 aromatic heterocycles. The summed E-state index contributed by atoms with van der Waals surface area (Å²) >= 11 is 0. The largest absolute Gasteiger partial charge is 0.433 e. The second-order valence-electron chi connectivity index (χ2n) is 3.26. The minimum atomic E-state index is -4.46. The lowest BCUT2D eigenvalue weighted by molar-refractivity contribution is -0.141. The average Bonchev–Trinajstić information content (AvgIpc) is 2.28. The van der Waals surface area contributed by atoms with Gasteiger partial charge in [0.2, 0.25) is 5.91 Å². The summed E-state index contributed by atoms with van der Waals surface area (Å²) < 4.78 is 37.0. The molecule has 1 heterocycles. The fraction of sp³-hybridized carbons (Fsp3) is 0.400. The molecule has 0 saturated heterocycles. The number of halogens is 3. The maximum absolute atomic E-state index is 12.3. The molecule has 0 saturated carbocycles. The van der Waals surface area contributed by atoms with Crippen molar-refractivity contribution in [3.05, 3.63) is 23.9 Å². The Balaban J connectivity index is 2.58. The van der Waals surface area contributed by atoms with Gasteiger partial charge in [-0.15, -0.1) is 0 Å². The molecule has 1 aromatic rings. The van der Waals surface area contributed by atoms with Gasteiger partial charge in [0.1, 0.15) is 11.5 Å². The average molecular weight is 247 g/mol. The number of amides is 1. The third-order valence-corrected chi connectivity index (χ3v) is 1.98. The summed E-state index contributed by atoms with van der Waals surface area (Å²) in [6, 6.07) is 3.57. The van der Waals surface area contributed by atoms with Crippen LogP contribution in [-0.4, -0.2) is 24.5 Å². The molecule has 0 fully saturated rings.